The maximum Gasteiger partial charge on any atom is 0.0406 e. The van der Waals surface area contributed by atoms with Crippen LogP contribution < -0.4 is 0 Å². The van der Waals surface area contributed by atoms with E-state index in [1.165, 1.54) is 44.1 Å². The number of benzene rings is 1. The minimum absolute atomic E-state index is 0.786. The van der Waals surface area contributed by atoms with E-state index in [-0.39, 0.29) is 0 Å². The summed E-state index contributed by atoms with van der Waals surface area (Å²) in [4.78, 5) is 0. The predicted molar refractivity (Wildman–Crippen MR) is 80.8 cm³/mol. The highest BCUT2D eigenvalue weighted by Crippen LogP contribution is 2.32. The van der Waals surface area contributed by atoms with E-state index in [1.54, 1.807) is 0 Å². The van der Waals surface area contributed by atoms with Crippen molar-refractivity contribution in [1.82, 2.24) is 0 Å². The van der Waals surface area contributed by atoms with Gasteiger partial charge in [-0.15, -0.1) is 0 Å². The third-order valence-corrected chi connectivity index (χ3v) is 4.27. The first-order valence-corrected chi connectivity index (χ1v) is 7.59. The molecule has 18 heavy (non-hydrogen) atoms. The molecule has 0 spiro atoms. The summed E-state index contributed by atoms with van der Waals surface area (Å²) in [7, 11) is 0. The minimum atomic E-state index is 0.786. The van der Waals surface area contributed by atoms with Crippen molar-refractivity contribution >= 4 is 17.7 Å². The molecule has 0 radical (unpaired) electrons. The Labute approximate surface area is 116 Å². The molecule has 0 bridgehead atoms. The van der Waals surface area contributed by atoms with Crippen molar-refractivity contribution in [3.63, 3.8) is 0 Å². The second-order valence-corrected chi connectivity index (χ2v) is 5.92. The number of hydrogen-bond donors (Lipinski definition) is 0. The normalized spacial score (nSPS) is 24.6. The Kier molecular flexibility index (Phi) is 5.31. The molecule has 0 N–H and O–H groups in total. The second-order valence-electron chi connectivity index (χ2n) is 5.48. The molecule has 0 saturated heterocycles. The lowest BCUT2D eigenvalue weighted by atomic mass is 9.80. The fourth-order valence-corrected chi connectivity index (χ4v) is 3.02. The van der Waals surface area contributed by atoms with Crippen LogP contribution in [0, 0.1) is 11.8 Å². The molecule has 0 atom stereocenters. The smallest absolute Gasteiger partial charge is 0.0406 e. The van der Waals surface area contributed by atoms with Gasteiger partial charge in [0.1, 0.15) is 0 Å². The first-order valence-electron chi connectivity index (χ1n) is 7.21. The average Bonchev–Trinajstić information content (AvgIpc) is 2.40. The Morgan fingerprint density at radius 3 is 2.39 bits per heavy atom. The summed E-state index contributed by atoms with van der Waals surface area (Å²) in [5.41, 5.74) is 1.26. The van der Waals surface area contributed by atoms with E-state index < -0.39 is 0 Å². The fourth-order valence-electron chi connectivity index (χ4n) is 2.90. The SMILES string of the molecule is CCCC1CCC(C=Cc2ccc(Cl)cc2)CC1. The van der Waals surface area contributed by atoms with Crippen molar-refractivity contribution in [3.05, 3.63) is 40.9 Å². The number of allylic oxidation sites excluding steroid dienone is 1. The lowest BCUT2D eigenvalue weighted by Gasteiger charge is -2.26. The highest BCUT2D eigenvalue weighted by atomic mass is 35.5. The van der Waals surface area contributed by atoms with Crippen LogP contribution in [0.5, 0.6) is 0 Å². The Bertz CT molecular complexity index is 369. The molecule has 1 aliphatic carbocycles. The summed E-state index contributed by atoms with van der Waals surface area (Å²) in [5, 5.41) is 0.812. The topological polar surface area (TPSA) is 0 Å². The van der Waals surface area contributed by atoms with Gasteiger partial charge in [-0.2, -0.15) is 0 Å². The molecule has 0 aromatic heterocycles. The van der Waals surface area contributed by atoms with Crippen LogP contribution in [0.15, 0.2) is 30.3 Å². The maximum atomic E-state index is 5.88. The van der Waals surface area contributed by atoms with Gasteiger partial charge in [0, 0.05) is 5.02 Å². The lowest BCUT2D eigenvalue weighted by molar-refractivity contribution is 0.295. The van der Waals surface area contributed by atoms with Crippen LogP contribution in [0.1, 0.15) is 51.0 Å². The summed E-state index contributed by atoms with van der Waals surface area (Å²) < 4.78 is 0. The molecular formula is C17H23Cl. The molecule has 1 aliphatic rings. The fraction of sp³-hybridized carbons (Fsp3) is 0.529. The van der Waals surface area contributed by atoms with Gasteiger partial charge in [0.15, 0.2) is 0 Å². The van der Waals surface area contributed by atoms with Crippen LogP contribution in [-0.4, -0.2) is 0 Å². The van der Waals surface area contributed by atoms with Crippen molar-refractivity contribution in [3.8, 4) is 0 Å². The van der Waals surface area contributed by atoms with E-state index >= 15 is 0 Å². The monoisotopic (exact) mass is 262 g/mol. The lowest BCUT2D eigenvalue weighted by Crippen LogP contribution is -2.12. The molecule has 1 aromatic carbocycles. The first kappa shape index (κ1) is 13.7. The highest BCUT2D eigenvalue weighted by Gasteiger charge is 2.18. The molecule has 0 heterocycles. The van der Waals surface area contributed by atoms with Crippen LogP contribution in [-0.2, 0) is 0 Å². The van der Waals surface area contributed by atoms with Crippen LogP contribution in [0.25, 0.3) is 6.08 Å². The molecule has 2 rings (SSSR count). The van der Waals surface area contributed by atoms with E-state index in [0.29, 0.717) is 0 Å². The van der Waals surface area contributed by atoms with Crippen molar-refractivity contribution in [1.29, 1.82) is 0 Å². The van der Waals surface area contributed by atoms with E-state index in [1.807, 2.05) is 12.1 Å². The van der Waals surface area contributed by atoms with Crippen LogP contribution >= 0.6 is 11.6 Å². The van der Waals surface area contributed by atoms with Gasteiger partial charge < -0.3 is 0 Å². The Hall–Kier alpha value is -0.750. The second kappa shape index (κ2) is 6.99. The van der Waals surface area contributed by atoms with Crippen molar-refractivity contribution < 1.29 is 0 Å². The standard InChI is InChI=1S/C17H23Cl/c1-2-3-14-4-6-15(7-5-14)8-9-16-10-12-17(18)13-11-16/h8-15H,2-7H2,1H3. The van der Waals surface area contributed by atoms with E-state index in [4.69, 9.17) is 11.6 Å². The summed E-state index contributed by atoms with van der Waals surface area (Å²) in [6.45, 7) is 2.30. The van der Waals surface area contributed by atoms with Crippen LogP contribution in [0.4, 0.5) is 0 Å². The Morgan fingerprint density at radius 2 is 1.78 bits per heavy atom. The third-order valence-electron chi connectivity index (χ3n) is 4.02. The van der Waals surface area contributed by atoms with Crippen molar-refractivity contribution in [2.24, 2.45) is 11.8 Å². The summed E-state index contributed by atoms with van der Waals surface area (Å²) in [5.74, 6) is 1.78. The van der Waals surface area contributed by atoms with Gasteiger partial charge >= 0.3 is 0 Å². The Balaban J connectivity index is 1.82. The molecule has 1 heteroatoms. The van der Waals surface area contributed by atoms with E-state index in [0.717, 1.165) is 16.9 Å². The van der Waals surface area contributed by atoms with E-state index in [2.05, 4.69) is 31.2 Å². The van der Waals surface area contributed by atoms with Gasteiger partial charge in [0.2, 0.25) is 0 Å². The largest absolute Gasteiger partial charge is 0.0843 e. The number of rotatable bonds is 4. The van der Waals surface area contributed by atoms with Crippen LogP contribution in [0.2, 0.25) is 5.02 Å². The van der Waals surface area contributed by atoms with Gasteiger partial charge in [-0.05, 0) is 55.2 Å². The predicted octanol–water partition coefficient (Wildman–Crippen LogP) is 5.96. The number of halogens is 1. The first-order chi connectivity index (χ1) is 8.78. The zero-order chi connectivity index (χ0) is 12.8. The molecule has 98 valence electrons. The zero-order valence-corrected chi connectivity index (χ0v) is 12.0. The third kappa shape index (κ3) is 4.17. The average molecular weight is 263 g/mol. The maximum absolute atomic E-state index is 5.88. The molecule has 1 fully saturated rings. The summed E-state index contributed by atoms with van der Waals surface area (Å²) in [6, 6.07) is 8.09. The molecule has 1 saturated carbocycles. The highest BCUT2D eigenvalue weighted by molar-refractivity contribution is 6.30. The Morgan fingerprint density at radius 1 is 1.11 bits per heavy atom. The molecule has 0 amide bonds. The van der Waals surface area contributed by atoms with Gasteiger partial charge in [-0.25, -0.2) is 0 Å². The molecule has 1 aromatic rings. The van der Waals surface area contributed by atoms with Gasteiger partial charge in [-0.1, -0.05) is 55.7 Å². The van der Waals surface area contributed by atoms with Crippen molar-refractivity contribution in [2.45, 2.75) is 45.4 Å². The van der Waals surface area contributed by atoms with Gasteiger partial charge in [-0.3, -0.25) is 0 Å². The molecule has 0 nitrogen and oxygen atoms in total. The van der Waals surface area contributed by atoms with E-state index in [9.17, 15) is 0 Å². The van der Waals surface area contributed by atoms with Crippen LogP contribution in [0.3, 0.4) is 0 Å². The van der Waals surface area contributed by atoms with Gasteiger partial charge in [0.05, 0.1) is 0 Å². The minimum Gasteiger partial charge on any atom is -0.0843 e. The summed E-state index contributed by atoms with van der Waals surface area (Å²) in [6.07, 6.45) is 13.0. The number of hydrogen-bond acceptors (Lipinski definition) is 0. The van der Waals surface area contributed by atoms with Gasteiger partial charge in [0.25, 0.3) is 0 Å². The summed E-state index contributed by atoms with van der Waals surface area (Å²) >= 11 is 5.88. The molecule has 0 aliphatic heterocycles. The zero-order valence-electron chi connectivity index (χ0n) is 11.2. The molecule has 0 unspecified atom stereocenters. The van der Waals surface area contributed by atoms with Crippen molar-refractivity contribution in [2.75, 3.05) is 0 Å². The molecular weight excluding hydrogens is 240 g/mol. The quantitative estimate of drug-likeness (QED) is 0.628.